The van der Waals surface area contributed by atoms with Gasteiger partial charge in [-0.25, -0.2) is 0 Å². The number of carbonyl (C=O) groups is 2. The molecule has 1 aliphatic carbocycles. The van der Waals surface area contributed by atoms with Crippen LogP contribution in [-0.2, 0) is 14.3 Å². The number of hydrogen-bond acceptors (Lipinski definition) is 6. The molecule has 3 aliphatic rings. The summed E-state index contributed by atoms with van der Waals surface area (Å²) in [7, 11) is 0. The third kappa shape index (κ3) is 13.0. The summed E-state index contributed by atoms with van der Waals surface area (Å²) in [6.07, 6.45) is 13.2. The van der Waals surface area contributed by atoms with Gasteiger partial charge < -0.3 is 20.3 Å². The zero-order valence-corrected chi connectivity index (χ0v) is 27.4. The number of nitrogens with zero attached hydrogens (tertiary/aromatic N) is 4. The molecule has 1 saturated carbocycles. The van der Waals surface area contributed by atoms with Gasteiger partial charge in [0.25, 0.3) is 0 Å². The summed E-state index contributed by atoms with van der Waals surface area (Å²) >= 11 is 0. The number of nitrogens with one attached hydrogen (secondary N) is 2. The van der Waals surface area contributed by atoms with Gasteiger partial charge in [-0.05, 0) is 44.1 Å². The Morgan fingerprint density at radius 1 is 0.952 bits per heavy atom. The van der Waals surface area contributed by atoms with Crippen molar-refractivity contribution in [1.29, 1.82) is 0 Å². The Morgan fingerprint density at radius 2 is 1.64 bits per heavy atom. The normalized spacial score (nSPS) is 20.1. The van der Waals surface area contributed by atoms with Crippen LogP contribution in [0.1, 0.15) is 86.0 Å². The topological polar surface area (TPSA) is 89.5 Å². The lowest BCUT2D eigenvalue weighted by Gasteiger charge is -2.36. The van der Waals surface area contributed by atoms with E-state index in [4.69, 9.17) is 4.74 Å². The molecule has 0 radical (unpaired) electrons. The van der Waals surface area contributed by atoms with E-state index in [2.05, 4.69) is 45.3 Å². The molecule has 2 saturated heterocycles. The minimum Gasteiger partial charge on any atom is -0.379 e. The first-order chi connectivity index (χ1) is 20.5. The van der Waals surface area contributed by atoms with Crippen LogP contribution in [0.15, 0.2) is 27.9 Å². The SMILES string of the molecule is CC.CC/C=C(CCC)\C(NC=NCCN1CCN(C(=O)CN2CCOCC2)CC1)=C(/C)C(=O)NCC1CCCCC1. The molecule has 0 bridgehead atoms. The lowest BCUT2D eigenvalue weighted by Crippen LogP contribution is -2.52. The van der Waals surface area contributed by atoms with Gasteiger partial charge in [-0.15, -0.1) is 0 Å². The number of rotatable bonds is 14. The number of carbonyl (C=O) groups excluding carboxylic acids is 2. The van der Waals surface area contributed by atoms with E-state index in [0.717, 1.165) is 96.1 Å². The van der Waals surface area contributed by atoms with Crippen LogP contribution in [0.2, 0.25) is 0 Å². The maximum absolute atomic E-state index is 13.1. The Kier molecular flexibility index (Phi) is 18.4. The van der Waals surface area contributed by atoms with Gasteiger partial charge in [0.15, 0.2) is 0 Å². The van der Waals surface area contributed by atoms with Gasteiger partial charge >= 0.3 is 0 Å². The van der Waals surface area contributed by atoms with E-state index in [9.17, 15) is 9.59 Å². The zero-order valence-electron chi connectivity index (χ0n) is 27.4. The van der Waals surface area contributed by atoms with Crippen LogP contribution < -0.4 is 10.6 Å². The van der Waals surface area contributed by atoms with Gasteiger partial charge in [-0.1, -0.05) is 59.5 Å². The third-order valence-corrected chi connectivity index (χ3v) is 8.32. The molecule has 0 spiro atoms. The molecule has 0 aromatic heterocycles. The summed E-state index contributed by atoms with van der Waals surface area (Å²) in [5.74, 6) is 0.847. The molecule has 0 aromatic rings. The summed E-state index contributed by atoms with van der Waals surface area (Å²) in [6.45, 7) is 19.4. The van der Waals surface area contributed by atoms with Crippen molar-refractivity contribution in [2.75, 3.05) is 78.7 Å². The highest BCUT2D eigenvalue weighted by molar-refractivity contribution is 5.94. The molecular formula is C33H60N6O3. The first kappa shape index (κ1) is 36.0. The van der Waals surface area contributed by atoms with E-state index in [1.54, 1.807) is 6.34 Å². The molecule has 2 aliphatic heterocycles. The van der Waals surface area contributed by atoms with Crippen molar-refractivity contribution in [3.05, 3.63) is 22.9 Å². The maximum Gasteiger partial charge on any atom is 0.249 e. The Hall–Kier alpha value is -2.23. The van der Waals surface area contributed by atoms with Crippen LogP contribution in [0.5, 0.6) is 0 Å². The van der Waals surface area contributed by atoms with Crippen LogP contribution in [0, 0.1) is 5.92 Å². The number of morpholine rings is 1. The zero-order chi connectivity index (χ0) is 30.6. The number of aliphatic imine (C=N–C) groups is 1. The van der Waals surface area contributed by atoms with Gasteiger partial charge in [0.2, 0.25) is 11.8 Å². The fraction of sp³-hybridized carbons (Fsp3) is 0.788. The fourth-order valence-corrected chi connectivity index (χ4v) is 5.81. The number of piperazine rings is 1. The average molecular weight is 589 g/mol. The van der Waals surface area contributed by atoms with Gasteiger partial charge in [0, 0.05) is 57.9 Å². The van der Waals surface area contributed by atoms with Gasteiger partial charge in [-0.3, -0.25) is 24.4 Å². The van der Waals surface area contributed by atoms with Crippen molar-refractivity contribution in [1.82, 2.24) is 25.3 Å². The second-order valence-electron chi connectivity index (χ2n) is 11.4. The van der Waals surface area contributed by atoms with E-state index in [1.807, 2.05) is 25.7 Å². The molecule has 42 heavy (non-hydrogen) atoms. The van der Waals surface area contributed by atoms with Crippen LogP contribution in [0.25, 0.3) is 0 Å². The largest absolute Gasteiger partial charge is 0.379 e. The van der Waals surface area contributed by atoms with Crippen molar-refractivity contribution in [3.8, 4) is 0 Å². The van der Waals surface area contributed by atoms with Crippen molar-refractivity contribution in [2.24, 2.45) is 10.9 Å². The predicted molar refractivity (Wildman–Crippen MR) is 174 cm³/mol. The molecule has 2 amide bonds. The lowest BCUT2D eigenvalue weighted by molar-refractivity contribution is -0.135. The molecule has 3 fully saturated rings. The predicted octanol–water partition coefficient (Wildman–Crippen LogP) is 4.21. The highest BCUT2D eigenvalue weighted by Gasteiger charge is 2.23. The van der Waals surface area contributed by atoms with E-state index in [1.165, 1.54) is 37.7 Å². The molecule has 2 N–H and O–H groups in total. The summed E-state index contributed by atoms with van der Waals surface area (Å²) < 4.78 is 5.38. The molecule has 9 heteroatoms. The van der Waals surface area contributed by atoms with E-state index in [0.29, 0.717) is 19.0 Å². The molecular weight excluding hydrogens is 528 g/mol. The Labute approximate surface area is 256 Å². The number of amides is 2. The maximum atomic E-state index is 13.1. The number of allylic oxidation sites excluding steroid dienone is 2. The van der Waals surface area contributed by atoms with E-state index < -0.39 is 0 Å². The van der Waals surface area contributed by atoms with Gasteiger partial charge in [-0.2, -0.15) is 0 Å². The summed E-state index contributed by atoms with van der Waals surface area (Å²) in [6, 6.07) is 0. The molecule has 0 aromatic carbocycles. The lowest BCUT2D eigenvalue weighted by atomic mass is 9.89. The minimum atomic E-state index is 0.0145. The molecule has 9 nitrogen and oxygen atoms in total. The molecule has 0 atom stereocenters. The average Bonchev–Trinajstić information content (AvgIpc) is 3.03. The third-order valence-electron chi connectivity index (χ3n) is 8.32. The monoisotopic (exact) mass is 588 g/mol. The summed E-state index contributed by atoms with van der Waals surface area (Å²) in [5, 5.41) is 6.58. The van der Waals surface area contributed by atoms with Crippen molar-refractivity contribution in [3.63, 3.8) is 0 Å². The van der Waals surface area contributed by atoms with Crippen molar-refractivity contribution < 1.29 is 14.3 Å². The minimum absolute atomic E-state index is 0.0145. The highest BCUT2D eigenvalue weighted by Crippen LogP contribution is 2.23. The molecule has 3 rings (SSSR count). The second kappa shape index (κ2) is 21.5. The number of ether oxygens (including phenoxy) is 1. The van der Waals surface area contributed by atoms with Gasteiger partial charge in [0.1, 0.15) is 0 Å². The van der Waals surface area contributed by atoms with E-state index >= 15 is 0 Å². The standard InChI is InChI=1S/C31H54N6O3.C2H6/c1-4-9-28(10-5-2)30(26(3)31(39)33-23-27-11-7-6-8-12-27)34-25-32-13-14-35-15-17-37(18-16-35)29(38)24-36-19-21-40-22-20-36;1-2/h9,25,27H,4-8,10-24H2,1-3H3,(H,32,34)(H,33,39);1-2H3/b28-9-,30-26-;. The Morgan fingerprint density at radius 3 is 2.29 bits per heavy atom. The van der Waals surface area contributed by atoms with Crippen molar-refractivity contribution in [2.45, 2.75) is 86.0 Å². The van der Waals surface area contributed by atoms with Crippen molar-refractivity contribution >= 4 is 18.2 Å². The molecule has 0 unspecified atom stereocenters. The molecule has 2 heterocycles. The highest BCUT2D eigenvalue weighted by atomic mass is 16.5. The fourth-order valence-electron chi connectivity index (χ4n) is 5.81. The van der Waals surface area contributed by atoms with Crippen LogP contribution in [-0.4, -0.2) is 112 Å². The summed E-state index contributed by atoms with van der Waals surface area (Å²) in [4.78, 5) is 36.9. The van der Waals surface area contributed by atoms with Crippen LogP contribution in [0.4, 0.5) is 0 Å². The first-order valence-corrected chi connectivity index (χ1v) is 16.7. The summed E-state index contributed by atoms with van der Waals surface area (Å²) in [5.41, 5.74) is 2.80. The van der Waals surface area contributed by atoms with E-state index in [-0.39, 0.29) is 11.8 Å². The van der Waals surface area contributed by atoms with Gasteiger partial charge in [0.05, 0.1) is 38.3 Å². The van der Waals surface area contributed by atoms with Crippen LogP contribution in [0.3, 0.4) is 0 Å². The Balaban J connectivity index is 0.00000301. The second-order valence-corrected chi connectivity index (χ2v) is 11.4. The Bertz CT molecular complexity index is 867. The number of hydrogen-bond donors (Lipinski definition) is 2. The molecule has 240 valence electrons. The first-order valence-electron chi connectivity index (χ1n) is 16.7. The quantitative estimate of drug-likeness (QED) is 0.137. The smallest absolute Gasteiger partial charge is 0.249 e. The van der Waals surface area contributed by atoms with Crippen LogP contribution >= 0.6 is 0 Å².